The van der Waals surface area contributed by atoms with E-state index in [9.17, 15) is 13.2 Å². The summed E-state index contributed by atoms with van der Waals surface area (Å²) in [5.74, 6) is 0.0157. The Balaban J connectivity index is 1.96. The van der Waals surface area contributed by atoms with Crippen LogP contribution in [-0.4, -0.2) is 34.0 Å². The number of anilines is 2. The summed E-state index contributed by atoms with van der Waals surface area (Å²) in [5, 5.41) is 13.4. The first-order valence-corrected chi connectivity index (χ1v) is 6.71. The number of fused-ring (bicyclic) bond motifs is 1. The number of nitrogens with one attached hydrogen (secondary N) is 1. The van der Waals surface area contributed by atoms with Crippen molar-refractivity contribution in [3.63, 3.8) is 0 Å². The molecule has 0 amide bonds. The summed E-state index contributed by atoms with van der Waals surface area (Å²) in [6.45, 7) is 0. The molecule has 3 aromatic rings. The zero-order chi connectivity index (χ0) is 17.3. The van der Waals surface area contributed by atoms with Crippen molar-refractivity contribution in [1.29, 1.82) is 0 Å². The Bertz CT molecular complexity index is 878. The molecule has 7 nitrogen and oxygen atoms in total. The van der Waals surface area contributed by atoms with Crippen molar-refractivity contribution in [1.82, 2.24) is 19.8 Å². The fourth-order valence-corrected chi connectivity index (χ4v) is 2.09. The van der Waals surface area contributed by atoms with E-state index in [0.29, 0.717) is 21.7 Å². The van der Waals surface area contributed by atoms with Crippen LogP contribution in [0.25, 0.3) is 5.65 Å². The number of rotatable bonds is 4. The van der Waals surface area contributed by atoms with E-state index in [0.717, 1.165) is 0 Å². The maximum Gasteiger partial charge on any atom is 0.453 e. The molecule has 3 rings (SSSR count). The first-order chi connectivity index (χ1) is 11.4. The quantitative estimate of drug-likeness (QED) is 0.788. The molecule has 0 aliphatic rings. The molecule has 10 heteroatoms. The predicted octanol–water partition coefficient (Wildman–Crippen LogP) is 2.90. The van der Waals surface area contributed by atoms with Crippen molar-refractivity contribution in [2.45, 2.75) is 6.18 Å². The lowest BCUT2D eigenvalue weighted by molar-refractivity contribution is -0.146. The van der Waals surface area contributed by atoms with Gasteiger partial charge in [-0.2, -0.15) is 17.7 Å². The number of alkyl halides is 3. The maximum absolute atomic E-state index is 12.9. The Kier molecular flexibility index (Phi) is 3.87. The highest BCUT2D eigenvalue weighted by molar-refractivity contribution is 5.61. The largest absolute Gasteiger partial charge is 0.493 e. The van der Waals surface area contributed by atoms with Gasteiger partial charge in [0.2, 0.25) is 0 Å². The number of nitrogens with zero attached hydrogens (tertiary/aromatic N) is 4. The molecule has 0 saturated heterocycles. The van der Waals surface area contributed by atoms with Gasteiger partial charge < -0.3 is 14.8 Å². The molecule has 2 heterocycles. The highest BCUT2D eigenvalue weighted by atomic mass is 19.4. The number of hydrogen-bond donors (Lipinski definition) is 1. The highest BCUT2D eigenvalue weighted by Gasteiger charge is 2.37. The molecule has 1 aromatic carbocycles. The molecular formula is C14H12F3N5O2. The molecule has 2 aromatic heterocycles. The minimum atomic E-state index is -4.64. The van der Waals surface area contributed by atoms with Gasteiger partial charge in [-0.15, -0.1) is 15.3 Å². The van der Waals surface area contributed by atoms with Crippen molar-refractivity contribution >= 4 is 17.2 Å². The maximum atomic E-state index is 12.9. The third-order valence-electron chi connectivity index (χ3n) is 3.17. The lowest BCUT2D eigenvalue weighted by atomic mass is 10.2. The SMILES string of the molecule is COc1ccc(Nc2ccc3nnc(C(F)(F)F)n3n2)cc1OC. The topological polar surface area (TPSA) is 73.6 Å². The Hall–Kier alpha value is -3.04. The van der Waals surface area contributed by atoms with Crippen LogP contribution >= 0.6 is 0 Å². The van der Waals surface area contributed by atoms with E-state index in [1.54, 1.807) is 18.2 Å². The zero-order valence-corrected chi connectivity index (χ0v) is 12.6. The number of benzene rings is 1. The zero-order valence-electron chi connectivity index (χ0n) is 12.6. The smallest absolute Gasteiger partial charge is 0.453 e. The van der Waals surface area contributed by atoms with Crippen molar-refractivity contribution in [2.24, 2.45) is 0 Å². The van der Waals surface area contributed by atoms with E-state index in [4.69, 9.17) is 9.47 Å². The second-order valence-corrected chi connectivity index (χ2v) is 4.70. The van der Waals surface area contributed by atoms with Gasteiger partial charge in [-0.25, -0.2) is 0 Å². The van der Waals surface area contributed by atoms with Gasteiger partial charge in [0.25, 0.3) is 5.82 Å². The summed E-state index contributed by atoms with van der Waals surface area (Å²) in [6.07, 6.45) is -4.64. The summed E-state index contributed by atoms with van der Waals surface area (Å²) < 4.78 is 49.6. The number of aromatic nitrogens is 4. The minimum Gasteiger partial charge on any atom is -0.493 e. The van der Waals surface area contributed by atoms with E-state index < -0.39 is 12.0 Å². The number of ether oxygens (including phenoxy) is 2. The van der Waals surface area contributed by atoms with E-state index in [1.807, 2.05) is 0 Å². The fraction of sp³-hybridized carbons (Fsp3) is 0.214. The molecule has 0 aliphatic carbocycles. The second kappa shape index (κ2) is 5.87. The standard InChI is InChI=1S/C14H12F3N5O2/c1-23-9-4-3-8(7-10(9)24-2)18-11-5-6-12-19-20-13(14(15,16)17)22(12)21-11/h3-7H,1-2H3,(H,18,21). The van der Waals surface area contributed by atoms with Gasteiger partial charge >= 0.3 is 6.18 Å². The first kappa shape index (κ1) is 15.8. The van der Waals surface area contributed by atoms with Crippen molar-refractivity contribution < 1.29 is 22.6 Å². The Labute approximate surface area is 134 Å². The average molecular weight is 339 g/mol. The summed E-state index contributed by atoms with van der Waals surface area (Å²) in [5.41, 5.74) is 0.571. The summed E-state index contributed by atoms with van der Waals surface area (Å²) in [4.78, 5) is 0. The molecular weight excluding hydrogens is 327 g/mol. The Morgan fingerprint density at radius 1 is 1.00 bits per heavy atom. The van der Waals surface area contributed by atoms with Gasteiger partial charge in [-0.05, 0) is 24.3 Å². The van der Waals surface area contributed by atoms with Crippen molar-refractivity contribution in [2.75, 3.05) is 19.5 Å². The Morgan fingerprint density at radius 3 is 2.42 bits per heavy atom. The molecule has 0 spiro atoms. The second-order valence-electron chi connectivity index (χ2n) is 4.70. The number of halogens is 3. The van der Waals surface area contributed by atoms with E-state index in [1.165, 1.54) is 26.4 Å². The van der Waals surface area contributed by atoms with Crippen LogP contribution in [0.5, 0.6) is 11.5 Å². The average Bonchev–Trinajstić information content (AvgIpc) is 2.98. The van der Waals surface area contributed by atoms with Crippen LogP contribution in [0.1, 0.15) is 5.82 Å². The van der Waals surface area contributed by atoms with E-state index in [-0.39, 0.29) is 11.5 Å². The van der Waals surface area contributed by atoms with Gasteiger partial charge in [0, 0.05) is 11.8 Å². The Morgan fingerprint density at radius 2 is 1.75 bits per heavy atom. The van der Waals surface area contributed by atoms with Crippen LogP contribution in [0.15, 0.2) is 30.3 Å². The van der Waals surface area contributed by atoms with Gasteiger partial charge in [0.1, 0.15) is 0 Å². The van der Waals surface area contributed by atoms with Crippen LogP contribution in [0.2, 0.25) is 0 Å². The van der Waals surface area contributed by atoms with Gasteiger partial charge in [-0.3, -0.25) is 0 Å². The summed E-state index contributed by atoms with van der Waals surface area (Å²) in [7, 11) is 2.99. The van der Waals surface area contributed by atoms with Crippen LogP contribution < -0.4 is 14.8 Å². The molecule has 0 radical (unpaired) electrons. The molecule has 0 saturated carbocycles. The molecule has 0 bridgehead atoms. The third-order valence-corrected chi connectivity index (χ3v) is 3.17. The lowest BCUT2D eigenvalue weighted by Crippen LogP contribution is -2.13. The van der Waals surface area contributed by atoms with Crippen LogP contribution in [0.3, 0.4) is 0 Å². The molecule has 0 fully saturated rings. The minimum absolute atomic E-state index is 0.000173. The van der Waals surface area contributed by atoms with Gasteiger partial charge in [0.05, 0.1) is 14.2 Å². The predicted molar refractivity (Wildman–Crippen MR) is 78.6 cm³/mol. The van der Waals surface area contributed by atoms with E-state index in [2.05, 4.69) is 20.6 Å². The third kappa shape index (κ3) is 2.90. The van der Waals surface area contributed by atoms with Crippen LogP contribution in [0, 0.1) is 0 Å². The van der Waals surface area contributed by atoms with Gasteiger partial charge in [-0.1, -0.05) is 0 Å². The monoisotopic (exact) mass is 339 g/mol. The molecule has 126 valence electrons. The molecule has 0 atom stereocenters. The van der Waals surface area contributed by atoms with Crippen LogP contribution in [-0.2, 0) is 6.18 Å². The molecule has 24 heavy (non-hydrogen) atoms. The lowest BCUT2D eigenvalue weighted by Gasteiger charge is -2.11. The normalized spacial score (nSPS) is 11.5. The molecule has 0 unspecified atom stereocenters. The van der Waals surface area contributed by atoms with Crippen molar-refractivity contribution in [3.05, 3.63) is 36.2 Å². The van der Waals surface area contributed by atoms with Crippen LogP contribution in [0.4, 0.5) is 24.7 Å². The number of hydrogen-bond acceptors (Lipinski definition) is 6. The van der Waals surface area contributed by atoms with E-state index >= 15 is 0 Å². The van der Waals surface area contributed by atoms with Gasteiger partial charge in [0.15, 0.2) is 23.0 Å². The molecule has 0 aliphatic heterocycles. The summed E-state index contributed by atoms with van der Waals surface area (Å²) in [6, 6.07) is 7.88. The molecule has 1 N–H and O–H groups in total. The fourth-order valence-electron chi connectivity index (χ4n) is 2.09. The summed E-state index contributed by atoms with van der Waals surface area (Å²) >= 11 is 0. The highest BCUT2D eigenvalue weighted by Crippen LogP contribution is 2.31. The van der Waals surface area contributed by atoms with Crippen molar-refractivity contribution in [3.8, 4) is 11.5 Å². The number of methoxy groups -OCH3 is 2. The first-order valence-electron chi connectivity index (χ1n) is 6.71.